The van der Waals surface area contributed by atoms with E-state index >= 15 is 0 Å². The maximum absolute atomic E-state index is 11.6. The average Bonchev–Trinajstić information content (AvgIpc) is 3.01. The van der Waals surface area contributed by atoms with Crippen molar-refractivity contribution in [2.75, 3.05) is 13.1 Å². The first-order valence-electron chi connectivity index (χ1n) is 5.75. The van der Waals surface area contributed by atoms with Crippen LogP contribution in [0.2, 0.25) is 0 Å². The van der Waals surface area contributed by atoms with Crippen LogP contribution in [0.15, 0.2) is 0 Å². The molecule has 1 atom stereocenters. The molecular formula is C11H18N2O2. The SMILES string of the molecule is CC1C(=O)NCC(=O)N1CCCC1CC1. The smallest absolute Gasteiger partial charge is 0.242 e. The number of nitrogens with one attached hydrogen (secondary N) is 1. The molecule has 2 amide bonds. The minimum absolute atomic E-state index is 0.0268. The van der Waals surface area contributed by atoms with Gasteiger partial charge in [0.2, 0.25) is 11.8 Å². The highest BCUT2D eigenvalue weighted by Gasteiger charge is 2.30. The molecule has 1 saturated heterocycles. The first kappa shape index (κ1) is 10.5. The maximum atomic E-state index is 11.6. The Morgan fingerprint density at radius 2 is 2.13 bits per heavy atom. The highest BCUT2D eigenvalue weighted by atomic mass is 16.2. The van der Waals surface area contributed by atoms with E-state index in [9.17, 15) is 9.59 Å². The van der Waals surface area contributed by atoms with Crippen LogP contribution in [-0.2, 0) is 9.59 Å². The van der Waals surface area contributed by atoms with Gasteiger partial charge in [-0.05, 0) is 25.7 Å². The van der Waals surface area contributed by atoms with Gasteiger partial charge in [0, 0.05) is 6.54 Å². The zero-order chi connectivity index (χ0) is 10.8. The summed E-state index contributed by atoms with van der Waals surface area (Å²) in [5.41, 5.74) is 0. The molecule has 0 aromatic carbocycles. The molecular weight excluding hydrogens is 192 g/mol. The second-order valence-corrected chi connectivity index (χ2v) is 4.57. The van der Waals surface area contributed by atoms with Gasteiger partial charge in [0.15, 0.2) is 0 Å². The molecule has 2 aliphatic rings. The number of hydrogen-bond donors (Lipinski definition) is 1. The van der Waals surface area contributed by atoms with Crippen molar-refractivity contribution < 1.29 is 9.59 Å². The van der Waals surface area contributed by atoms with Gasteiger partial charge in [-0.25, -0.2) is 0 Å². The van der Waals surface area contributed by atoms with E-state index in [-0.39, 0.29) is 24.4 Å². The lowest BCUT2D eigenvalue weighted by atomic mass is 10.1. The quantitative estimate of drug-likeness (QED) is 0.735. The average molecular weight is 210 g/mol. The molecule has 0 radical (unpaired) electrons. The van der Waals surface area contributed by atoms with Crippen LogP contribution in [0.25, 0.3) is 0 Å². The van der Waals surface area contributed by atoms with E-state index in [1.807, 2.05) is 0 Å². The van der Waals surface area contributed by atoms with E-state index in [0.29, 0.717) is 0 Å². The van der Waals surface area contributed by atoms with E-state index < -0.39 is 0 Å². The summed E-state index contributed by atoms with van der Waals surface area (Å²) in [4.78, 5) is 24.6. The van der Waals surface area contributed by atoms with Crippen LogP contribution in [0.3, 0.4) is 0 Å². The van der Waals surface area contributed by atoms with Gasteiger partial charge in [-0.3, -0.25) is 9.59 Å². The molecule has 15 heavy (non-hydrogen) atoms. The molecule has 2 fully saturated rings. The molecule has 84 valence electrons. The number of rotatable bonds is 4. The number of nitrogens with zero attached hydrogens (tertiary/aromatic N) is 1. The lowest BCUT2D eigenvalue weighted by molar-refractivity contribution is -0.144. The van der Waals surface area contributed by atoms with Crippen molar-refractivity contribution in [2.45, 2.75) is 38.6 Å². The van der Waals surface area contributed by atoms with Crippen LogP contribution in [0.5, 0.6) is 0 Å². The minimum atomic E-state index is -0.287. The van der Waals surface area contributed by atoms with Gasteiger partial charge >= 0.3 is 0 Å². The molecule has 1 aliphatic carbocycles. The van der Waals surface area contributed by atoms with Crippen LogP contribution in [-0.4, -0.2) is 35.8 Å². The summed E-state index contributed by atoms with van der Waals surface area (Å²) >= 11 is 0. The monoisotopic (exact) mass is 210 g/mol. The molecule has 1 saturated carbocycles. The zero-order valence-corrected chi connectivity index (χ0v) is 9.16. The number of amides is 2. The molecule has 0 bridgehead atoms. The molecule has 0 spiro atoms. The Kier molecular flexibility index (Phi) is 2.93. The fourth-order valence-electron chi connectivity index (χ4n) is 2.04. The fraction of sp³-hybridized carbons (Fsp3) is 0.818. The summed E-state index contributed by atoms with van der Waals surface area (Å²) < 4.78 is 0. The zero-order valence-electron chi connectivity index (χ0n) is 9.16. The lowest BCUT2D eigenvalue weighted by Gasteiger charge is -2.32. The van der Waals surface area contributed by atoms with Crippen molar-refractivity contribution in [1.29, 1.82) is 0 Å². The summed E-state index contributed by atoms with van der Waals surface area (Å²) in [6.07, 6.45) is 4.94. The van der Waals surface area contributed by atoms with Crippen LogP contribution in [0, 0.1) is 5.92 Å². The van der Waals surface area contributed by atoms with Gasteiger partial charge in [0.1, 0.15) is 6.04 Å². The summed E-state index contributed by atoms with van der Waals surface area (Å²) in [5.74, 6) is 0.924. The second kappa shape index (κ2) is 4.21. The molecule has 2 rings (SSSR count). The van der Waals surface area contributed by atoms with E-state index in [1.54, 1.807) is 11.8 Å². The topological polar surface area (TPSA) is 49.4 Å². The molecule has 1 aliphatic heterocycles. The Balaban J connectivity index is 1.80. The van der Waals surface area contributed by atoms with Crippen molar-refractivity contribution in [1.82, 2.24) is 10.2 Å². The van der Waals surface area contributed by atoms with E-state index in [0.717, 1.165) is 18.9 Å². The second-order valence-electron chi connectivity index (χ2n) is 4.57. The maximum Gasteiger partial charge on any atom is 0.242 e. The van der Waals surface area contributed by atoms with Gasteiger partial charge in [-0.2, -0.15) is 0 Å². The first-order valence-corrected chi connectivity index (χ1v) is 5.75. The van der Waals surface area contributed by atoms with Gasteiger partial charge in [-0.1, -0.05) is 12.8 Å². The van der Waals surface area contributed by atoms with Crippen molar-refractivity contribution in [3.05, 3.63) is 0 Å². The standard InChI is InChI=1S/C11H18N2O2/c1-8-11(15)12-7-10(14)13(8)6-2-3-9-4-5-9/h8-9H,2-7H2,1H3,(H,12,15). The van der Waals surface area contributed by atoms with Gasteiger partial charge in [-0.15, -0.1) is 0 Å². The molecule has 1 N–H and O–H groups in total. The Morgan fingerprint density at radius 3 is 2.80 bits per heavy atom. The number of carbonyl (C=O) groups excluding carboxylic acids is 2. The summed E-state index contributed by atoms with van der Waals surface area (Å²) in [6, 6.07) is -0.287. The van der Waals surface area contributed by atoms with Crippen LogP contribution in [0.1, 0.15) is 32.6 Å². The third-order valence-corrected chi connectivity index (χ3v) is 3.29. The molecule has 1 heterocycles. The van der Waals surface area contributed by atoms with Gasteiger partial charge < -0.3 is 10.2 Å². The molecule has 4 heteroatoms. The van der Waals surface area contributed by atoms with Crippen molar-refractivity contribution in [3.63, 3.8) is 0 Å². The first-order chi connectivity index (χ1) is 7.18. The van der Waals surface area contributed by atoms with E-state index in [1.165, 1.54) is 19.3 Å². The third kappa shape index (κ3) is 2.49. The number of carbonyl (C=O) groups is 2. The Labute approximate surface area is 90.0 Å². The number of piperazine rings is 1. The van der Waals surface area contributed by atoms with Crippen LogP contribution >= 0.6 is 0 Å². The summed E-state index contributed by atoms with van der Waals surface area (Å²) in [5, 5.41) is 2.59. The Bertz CT molecular complexity index is 274. The van der Waals surface area contributed by atoms with Gasteiger partial charge in [0.25, 0.3) is 0 Å². The summed E-state index contributed by atoms with van der Waals surface area (Å²) in [7, 11) is 0. The normalized spacial score (nSPS) is 26.7. The fourth-order valence-corrected chi connectivity index (χ4v) is 2.04. The highest BCUT2D eigenvalue weighted by molar-refractivity contribution is 5.94. The molecule has 1 unspecified atom stereocenters. The predicted molar refractivity (Wildman–Crippen MR) is 56.1 cm³/mol. The van der Waals surface area contributed by atoms with E-state index in [2.05, 4.69) is 5.32 Å². The molecule has 4 nitrogen and oxygen atoms in total. The minimum Gasteiger partial charge on any atom is -0.345 e. The van der Waals surface area contributed by atoms with Crippen molar-refractivity contribution >= 4 is 11.8 Å². The largest absolute Gasteiger partial charge is 0.345 e. The Morgan fingerprint density at radius 1 is 1.40 bits per heavy atom. The van der Waals surface area contributed by atoms with Crippen LogP contribution < -0.4 is 5.32 Å². The predicted octanol–water partition coefficient (Wildman–Crippen LogP) is 0.523. The Hall–Kier alpha value is -1.06. The van der Waals surface area contributed by atoms with E-state index in [4.69, 9.17) is 0 Å². The number of hydrogen-bond acceptors (Lipinski definition) is 2. The van der Waals surface area contributed by atoms with Gasteiger partial charge in [0.05, 0.1) is 6.54 Å². The van der Waals surface area contributed by atoms with Crippen molar-refractivity contribution in [3.8, 4) is 0 Å². The van der Waals surface area contributed by atoms with Crippen molar-refractivity contribution in [2.24, 2.45) is 5.92 Å². The summed E-state index contributed by atoms with van der Waals surface area (Å²) in [6.45, 7) is 2.71. The molecule has 0 aromatic heterocycles. The lowest BCUT2D eigenvalue weighted by Crippen LogP contribution is -2.57. The van der Waals surface area contributed by atoms with Crippen LogP contribution in [0.4, 0.5) is 0 Å². The third-order valence-electron chi connectivity index (χ3n) is 3.29. The highest BCUT2D eigenvalue weighted by Crippen LogP contribution is 2.33. The molecule has 0 aromatic rings.